The number of nitrogens with one attached hydrogen (secondary N) is 1. The van der Waals surface area contributed by atoms with Crippen molar-refractivity contribution in [1.29, 1.82) is 0 Å². The third-order valence-electron chi connectivity index (χ3n) is 7.41. The minimum absolute atomic E-state index is 0.143. The Hall–Kier alpha value is -2.74. The lowest BCUT2D eigenvalue weighted by Gasteiger charge is -2.35. The topological polar surface area (TPSA) is 100 Å². The van der Waals surface area contributed by atoms with E-state index in [2.05, 4.69) is 34.7 Å². The van der Waals surface area contributed by atoms with Crippen LogP contribution in [-0.4, -0.2) is 61.0 Å². The van der Waals surface area contributed by atoms with Crippen molar-refractivity contribution in [2.45, 2.75) is 89.4 Å². The fraction of sp³-hybridized carbons (Fsp3) is 0.615. The maximum absolute atomic E-state index is 13.9. The standard InChI is InChI=1S/C26H35N5O3/c1-25(2,3)22(31-15-20(28-29-31)16-9-10-16)24(34)30-14-19(32)11-21(30)23(33)27-26(4)12-17-7-5-6-8-18(17)13-26/h5-8,15-16,19,21-22,32H,9-14H2,1-4H3,(H,27,33)/t19?,21?,22-/m1/s1. The molecule has 1 aromatic heterocycles. The number of benzene rings is 1. The second-order valence-electron chi connectivity index (χ2n) is 11.7. The number of carbonyl (C=O) groups excluding carboxylic acids is 2. The number of carbonyl (C=O) groups is 2. The van der Waals surface area contributed by atoms with E-state index in [-0.39, 0.29) is 24.8 Å². The van der Waals surface area contributed by atoms with E-state index in [1.54, 1.807) is 9.58 Å². The number of likely N-dealkylation sites (tertiary alicyclic amines) is 1. The zero-order valence-electron chi connectivity index (χ0n) is 20.5. The Morgan fingerprint density at radius 1 is 1.18 bits per heavy atom. The van der Waals surface area contributed by atoms with Crippen molar-refractivity contribution in [3.63, 3.8) is 0 Å². The zero-order chi connectivity index (χ0) is 24.3. The summed E-state index contributed by atoms with van der Waals surface area (Å²) < 4.78 is 1.66. The minimum Gasteiger partial charge on any atom is -0.391 e. The summed E-state index contributed by atoms with van der Waals surface area (Å²) in [7, 11) is 0. The van der Waals surface area contributed by atoms with Crippen molar-refractivity contribution in [1.82, 2.24) is 25.2 Å². The molecule has 34 heavy (non-hydrogen) atoms. The number of amides is 2. The van der Waals surface area contributed by atoms with Gasteiger partial charge in [0.15, 0.2) is 0 Å². The van der Waals surface area contributed by atoms with Crippen molar-refractivity contribution in [3.05, 3.63) is 47.3 Å². The Morgan fingerprint density at radius 2 is 1.82 bits per heavy atom. The molecule has 2 unspecified atom stereocenters. The van der Waals surface area contributed by atoms with Gasteiger partial charge in [0.2, 0.25) is 11.8 Å². The first-order valence-corrected chi connectivity index (χ1v) is 12.3. The molecule has 3 atom stereocenters. The first kappa shape index (κ1) is 23.0. The number of fused-ring (bicyclic) bond motifs is 1. The second-order valence-corrected chi connectivity index (χ2v) is 11.7. The predicted octanol–water partition coefficient (Wildman–Crippen LogP) is 2.38. The fourth-order valence-electron chi connectivity index (χ4n) is 5.60. The van der Waals surface area contributed by atoms with Crippen LogP contribution in [0.5, 0.6) is 0 Å². The average molecular weight is 466 g/mol. The Labute approximate surface area is 200 Å². The van der Waals surface area contributed by atoms with Gasteiger partial charge in [0.1, 0.15) is 12.1 Å². The second kappa shape index (κ2) is 8.18. The van der Waals surface area contributed by atoms with Crippen LogP contribution in [-0.2, 0) is 22.4 Å². The van der Waals surface area contributed by atoms with E-state index in [0.29, 0.717) is 5.92 Å². The van der Waals surface area contributed by atoms with Gasteiger partial charge in [0, 0.05) is 30.6 Å². The smallest absolute Gasteiger partial charge is 0.248 e. The number of aliphatic hydroxyl groups excluding tert-OH is 1. The van der Waals surface area contributed by atoms with E-state index >= 15 is 0 Å². The third-order valence-corrected chi connectivity index (χ3v) is 7.41. The van der Waals surface area contributed by atoms with Gasteiger partial charge in [-0.2, -0.15) is 0 Å². The van der Waals surface area contributed by atoms with Gasteiger partial charge in [0.25, 0.3) is 0 Å². The summed E-state index contributed by atoms with van der Waals surface area (Å²) in [5, 5.41) is 22.3. The van der Waals surface area contributed by atoms with Gasteiger partial charge in [-0.05, 0) is 49.1 Å². The van der Waals surface area contributed by atoms with Crippen molar-refractivity contribution in [2.24, 2.45) is 5.41 Å². The van der Waals surface area contributed by atoms with Crippen LogP contribution >= 0.6 is 0 Å². The zero-order valence-corrected chi connectivity index (χ0v) is 20.5. The van der Waals surface area contributed by atoms with Crippen LogP contribution in [0.1, 0.15) is 75.7 Å². The van der Waals surface area contributed by atoms with E-state index < -0.39 is 29.1 Å². The Kier molecular flexibility index (Phi) is 5.54. The van der Waals surface area contributed by atoms with Gasteiger partial charge in [-0.25, -0.2) is 4.68 Å². The lowest BCUT2D eigenvalue weighted by molar-refractivity contribution is -0.144. The molecule has 1 aliphatic heterocycles. The van der Waals surface area contributed by atoms with Crippen LogP contribution in [0.3, 0.4) is 0 Å². The van der Waals surface area contributed by atoms with Gasteiger partial charge in [-0.1, -0.05) is 50.3 Å². The number of β-amino-alcohol motifs (C(OH)–C–C–N with tert-alkyl or cyclic N) is 1. The molecular formula is C26H35N5O3. The summed E-state index contributed by atoms with van der Waals surface area (Å²) in [6, 6.07) is 6.92. The lowest BCUT2D eigenvalue weighted by atomic mass is 9.85. The SMILES string of the molecule is CC1(NC(=O)C2CC(O)CN2C(=O)[C@@H](n2cc(C3CC3)nn2)C(C)(C)C)Cc2ccccc2C1. The van der Waals surface area contributed by atoms with Gasteiger partial charge in [0.05, 0.1) is 11.8 Å². The number of nitrogens with zero attached hydrogens (tertiary/aromatic N) is 4. The third kappa shape index (κ3) is 4.35. The summed E-state index contributed by atoms with van der Waals surface area (Å²) in [4.78, 5) is 28.9. The van der Waals surface area contributed by atoms with E-state index in [1.807, 2.05) is 39.1 Å². The summed E-state index contributed by atoms with van der Waals surface area (Å²) in [5.41, 5.74) is 2.56. The molecule has 2 aliphatic carbocycles. The molecule has 2 aromatic rings. The monoisotopic (exact) mass is 465 g/mol. The number of aromatic nitrogens is 3. The van der Waals surface area contributed by atoms with Gasteiger partial charge in [-0.3, -0.25) is 9.59 Å². The molecule has 2 fully saturated rings. The summed E-state index contributed by atoms with van der Waals surface area (Å²) in [6.07, 6.45) is 5.11. The molecule has 182 valence electrons. The van der Waals surface area contributed by atoms with Crippen molar-refractivity contribution >= 4 is 11.8 Å². The first-order chi connectivity index (χ1) is 16.0. The number of hydrogen-bond acceptors (Lipinski definition) is 5. The molecule has 2 amide bonds. The molecule has 3 aliphatic rings. The molecule has 8 nitrogen and oxygen atoms in total. The van der Waals surface area contributed by atoms with Crippen LogP contribution in [0.2, 0.25) is 0 Å². The molecule has 5 rings (SSSR count). The molecule has 1 saturated heterocycles. The van der Waals surface area contributed by atoms with Gasteiger partial charge < -0.3 is 15.3 Å². The highest BCUT2D eigenvalue weighted by Crippen LogP contribution is 2.40. The van der Waals surface area contributed by atoms with E-state index in [0.717, 1.165) is 31.4 Å². The molecule has 2 N–H and O–H groups in total. The van der Waals surface area contributed by atoms with Crippen LogP contribution in [0.25, 0.3) is 0 Å². The van der Waals surface area contributed by atoms with Crippen LogP contribution in [0.4, 0.5) is 0 Å². The average Bonchev–Trinajstić information content (AvgIpc) is 3.19. The van der Waals surface area contributed by atoms with Crippen LogP contribution < -0.4 is 5.32 Å². The Balaban J connectivity index is 1.36. The molecule has 1 saturated carbocycles. The normalized spacial score (nSPS) is 24.7. The van der Waals surface area contributed by atoms with Crippen LogP contribution in [0.15, 0.2) is 30.5 Å². The van der Waals surface area contributed by atoms with Crippen LogP contribution in [0, 0.1) is 5.41 Å². The van der Waals surface area contributed by atoms with Gasteiger partial charge >= 0.3 is 0 Å². The summed E-state index contributed by atoms with van der Waals surface area (Å²) >= 11 is 0. The van der Waals surface area contributed by atoms with Crippen molar-refractivity contribution < 1.29 is 14.7 Å². The molecule has 0 spiro atoms. The summed E-state index contributed by atoms with van der Waals surface area (Å²) in [6.45, 7) is 8.17. The maximum Gasteiger partial charge on any atom is 0.248 e. The summed E-state index contributed by atoms with van der Waals surface area (Å²) in [5.74, 6) is 0.0364. The fourth-order valence-corrected chi connectivity index (χ4v) is 5.60. The van der Waals surface area contributed by atoms with E-state index in [9.17, 15) is 14.7 Å². The highest BCUT2D eigenvalue weighted by molar-refractivity contribution is 5.90. The highest BCUT2D eigenvalue weighted by Gasteiger charge is 2.47. The molecule has 1 aromatic carbocycles. The Bertz CT molecular complexity index is 1070. The highest BCUT2D eigenvalue weighted by atomic mass is 16.3. The van der Waals surface area contributed by atoms with E-state index in [4.69, 9.17) is 0 Å². The first-order valence-electron chi connectivity index (χ1n) is 12.3. The molecule has 0 radical (unpaired) electrons. The van der Waals surface area contributed by atoms with Crippen molar-refractivity contribution in [2.75, 3.05) is 6.54 Å². The lowest BCUT2D eigenvalue weighted by Crippen LogP contribution is -2.55. The quantitative estimate of drug-likeness (QED) is 0.706. The number of rotatable bonds is 5. The predicted molar refractivity (Wildman–Crippen MR) is 127 cm³/mol. The van der Waals surface area contributed by atoms with E-state index in [1.165, 1.54) is 11.1 Å². The number of aliphatic hydroxyl groups is 1. The molecule has 2 heterocycles. The van der Waals surface area contributed by atoms with Gasteiger partial charge in [-0.15, -0.1) is 5.10 Å². The minimum atomic E-state index is -0.730. The molecule has 0 bridgehead atoms. The molecule has 8 heteroatoms. The van der Waals surface area contributed by atoms with Crippen molar-refractivity contribution in [3.8, 4) is 0 Å². The Morgan fingerprint density at radius 3 is 2.41 bits per heavy atom. The number of hydrogen-bond donors (Lipinski definition) is 2. The maximum atomic E-state index is 13.9. The largest absolute Gasteiger partial charge is 0.391 e. The molecular weight excluding hydrogens is 430 g/mol.